The summed E-state index contributed by atoms with van der Waals surface area (Å²) in [6, 6.07) is 18.7. The number of benzene rings is 1. The summed E-state index contributed by atoms with van der Waals surface area (Å²) in [7, 11) is 0. The van der Waals surface area contributed by atoms with Crippen molar-refractivity contribution in [3.8, 4) is 0 Å². The standard InChI is InChI=1S/C33H37ClN6S/c1-21-15-22(2)19-38(18-21)30-9-8-26(17-28(30)34)40-32(31(37-33(40)41)29-7-5-6-12-36-29)27-16-23(3)39(24(27)4)20-25-10-13-35-14-11-25/h5-14,16-17,21-22,31-32H,15,18-20H2,1-4H3,(H,37,41)/t21-,22+,31-,32-/m1/s1. The van der Waals surface area contributed by atoms with Gasteiger partial charge in [0.1, 0.15) is 0 Å². The van der Waals surface area contributed by atoms with E-state index in [4.69, 9.17) is 28.8 Å². The lowest BCUT2D eigenvalue weighted by Gasteiger charge is -2.37. The van der Waals surface area contributed by atoms with E-state index >= 15 is 0 Å². The summed E-state index contributed by atoms with van der Waals surface area (Å²) < 4.78 is 2.37. The second-order valence-electron chi connectivity index (χ2n) is 11.8. The minimum atomic E-state index is -0.110. The van der Waals surface area contributed by atoms with Gasteiger partial charge in [0.15, 0.2) is 5.11 Å². The van der Waals surface area contributed by atoms with Crippen LogP contribution in [0.1, 0.15) is 60.6 Å². The molecule has 0 aliphatic carbocycles. The Bertz CT molecular complexity index is 1530. The summed E-state index contributed by atoms with van der Waals surface area (Å²) in [6.45, 7) is 11.9. The number of rotatable bonds is 6. The smallest absolute Gasteiger partial charge is 0.174 e. The van der Waals surface area contributed by atoms with Gasteiger partial charge in [0.25, 0.3) is 0 Å². The molecule has 0 amide bonds. The van der Waals surface area contributed by atoms with Crippen LogP contribution in [0.15, 0.2) is 73.2 Å². The normalized spacial score (nSPS) is 22.7. The zero-order chi connectivity index (χ0) is 28.7. The number of anilines is 2. The number of aryl methyl sites for hydroxylation is 1. The Morgan fingerprint density at radius 3 is 2.41 bits per heavy atom. The predicted molar refractivity (Wildman–Crippen MR) is 172 cm³/mol. The maximum atomic E-state index is 7.03. The van der Waals surface area contributed by atoms with Crippen LogP contribution in [0.3, 0.4) is 0 Å². The third-order valence-corrected chi connectivity index (χ3v) is 9.16. The Morgan fingerprint density at radius 1 is 0.976 bits per heavy atom. The molecule has 8 heteroatoms. The van der Waals surface area contributed by atoms with Gasteiger partial charge in [-0.05, 0) is 104 Å². The molecule has 1 aromatic carbocycles. The lowest BCUT2D eigenvalue weighted by Crippen LogP contribution is -2.38. The average molecular weight is 585 g/mol. The number of halogens is 1. The van der Waals surface area contributed by atoms with Crippen LogP contribution in [-0.2, 0) is 6.54 Å². The molecule has 0 bridgehead atoms. The van der Waals surface area contributed by atoms with Crippen LogP contribution >= 0.6 is 23.8 Å². The zero-order valence-corrected chi connectivity index (χ0v) is 25.7. The summed E-state index contributed by atoms with van der Waals surface area (Å²) in [5, 5.41) is 5.04. The Kier molecular flexibility index (Phi) is 7.75. The number of piperidine rings is 1. The number of nitrogens with one attached hydrogen (secondary N) is 1. The van der Waals surface area contributed by atoms with Crippen molar-refractivity contribution in [2.75, 3.05) is 22.9 Å². The van der Waals surface area contributed by atoms with Gasteiger partial charge in [0, 0.05) is 55.3 Å². The number of thiocarbonyl (C=S) groups is 1. The minimum absolute atomic E-state index is 0.0910. The molecule has 4 atom stereocenters. The molecular weight excluding hydrogens is 548 g/mol. The van der Waals surface area contributed by atoms with Crippen molar-refractivity contribution in [1.82, 2.24) is 19.9 Å². The molecule has 0 spiro atoms. The Labute approximate surface area is 253 Å². The fourth-order valence-corrected chi connectivity index (χ4v) is 7.39. The number of aromatic nitrogens is 3. The van der Waals surface area contributed by atoms with Crippen molar-refractivity contribution in [2.24, 2.45) is 11.8 Å². The number of hydrogen-bond acceptors (Lipinski definition) is 4. The second kappa shape index (κ2) is 11.5. The molecule has 0 radical (unpaired) electrons. The van der Waals surface area contributed by atoms with Crippen LogP contribution in [0, 0.1) is 25.7 Å². The zero-order valence-electron chi connectivity index (χ0n) is 24.1. The van der Waals surface area contributed by atoms with Gasteiger partial charge in [-0.1, -0.05) is 31.5 Å². The third kappa shape index (κ3) is 5.45. The van der Waals surface area contributed by atoms with E-state index in [1.807, 2.05) is 30.7 Å². The molecule has 4 aromatic rings. The quantitative estimate of drug-likeness (QED) is 0.241. The highest BCUT2D eigenvalue weighted by molar-refractivity contribution is 7.80. The molecule has 2 saturated heterocycles. The molecule has 2 aliphatic rings. The molecule has 5 heterocycles. The molecule has 0 unspecified atom stereocenters. The van der Waals surface area contributed by atoms with Crippen molar-refractivity contribution in [1.29, 1.82) is 0 Å². The van der Waals surface area contributed by atoms with E-state index in [2.05, 4.69) is 94.8 Å². The van der Waals surface area contributed by atoms with E-state index in [1.165, 1.54) is 28.9 Å². The predicted octanol–water partition coefficient (Wildman–Crippen LogP) is 7.26. The molecule has 6 rings (SSSR count). The molecule has 2 fully saturated rings. The van der Waals surface area contributed by atoms with Gasteiger partial charge in [-0.3, -0.25) is 9.97 Å². The Morgan fingerprint density at radius 2 is 1.73 bits per heavy atom. The number of pyridine rings is 2. The van der Waals surface area contributed by atoms with Crippen molar-refractivity contribution < 1.29 is 0 Å². The molecular formula is C33H37ClN6S. The third-order valence-electron chi connectivity index (χ3n) is 8.54. The topological polar surface area (TPSA) is 49.2 Å². The first-order valence-electron chi connectivity index (χ1n) is 14.4. The van der Waals surface area contributed by atoms with Gasteiger partial charge in [0.2, 0.25) is 0 Å². The van der Waals surface area contributed by atoms with Gasteiger partial charge >= 0.3 is 0 Å². The number of nitrogens with zero attached hydrogens (tertiary/aromatic N) is 5. The van der Waals surface area contributed by atoms with E-state index in [0.717, 1.165) is 41.7 Å². The van der Waals surface area contributed by atoms with Crippen molar-refractivity contribution >= 4 is 40.3 Å². The average Bonchev–Trinajstić information content (AvgIpc) is 3.44. The SMILES string of the molecule is Cc1cc([C@@H]2[C@@H](c3ccccn3)NC(=S)N2c2ccc(N3C[C@H](C)C[C@H](C)C3)c(Cl)c2)c(C)n1Cc1ccncc1. The number of hydrogen-bond donors (Lipinski definition) is 1. The lowest BCUT2D eigenvalue weighted by atomic mass is 9.91. The van der Waals surface area contributed by atoms with Crippen molar-refractivity contribution in [3.63, 3.8) is 0 Å². The van der Waals surface area contributed by atoms with Gasteiger partial charge in [-0.2, -0.15) is 0 Å². The fourth-order valence-electron chi connectivity index (χ4n) is 6.75. The highest BCUT2D eigenvalue weighted by Gasteiger charge is 2.42. The first kappa shape index (κ1) is 27.7. The summed E-state index contributed by atoms with van der Waals surface area (Å²) in [5.74, 6) is 1.30. The van der Waals surface area contributed by atoms with E-state index in [1.54, 1.807) is 0 Å². The molecule has 0 saturated carbocycles. The fraction of sp³-hybridized carbons (Fsp3) is 0.364. The maximum absolute atomic E-state index is 7.03. The molecule has 6 nitrogen and oxygen atoms in total. The van der Waals surface area contributed by atoms with E-state index < -0.39 is 0 Å². The lowest BCUT2D eigenvalue weighted by molar-refractivity contribution is 0.357. The van der Waals surface area contributed by atoms with Crippen LogP contribution < -0.4 is 15.1 Å². The van der Waals surface area contributed by atoms with Crippen molar-refractivity contribution in [3.05, 3.63) is 106 Å². The summed E-state index contributed by atoms with van der Waals surface area (Å²) in [4.78, 5) is 13.6. The first-order chi connectivity index (χ1) is 19.8. The largest absolute Gasteiger partial charge is 0.370 e. The van der Waals surface area contributed by atoms with Gasteiger partial charge in [0.05, 0.1) is 28.5 Å². The highest BCUT2D eigenvalue weighted by atomic mass is 35.5. The Balaban J connectivity index is 1.40. The van der Waals surface area contributed by atoms with E-state index in [9.17, 15) is 0 Å². The highest BCUT2D eigenvalue weighted by Crippen LogP contribution is 2.45. The Hall–Kier alpha value is -3.42. The van der Waals surface area contributed by atoms with Crippen LogP contribution in [0.5, 0.6) is 0 Å². The van der Waals surface area contributed by atoms with Crippen LogP contribution in [0.4, 0.5) is 11.4 Å². The van der Waals surface area contributed by atoms with Crippen LogP contribution in [0.2, 0.25) is 5.02 Å². The minimum Gasteiger partial charge on any atom is -0.370 e. The van der Waals surface area contributed by atoms with Crippen molar-refractivity contribution in [2.45, 2.75) is 52.7 Å². The van der Waals surface area contributed by atoms with Gasteiger partial charge in [-0.25, -0.2) is 0 Å². The summed E-state index contributed by atoms with van der Waals surface area (Å²) >= 11 is 13.0. The van der Waals surface area contributed by atoms with E-state index in [0.29, 0.717) is 16.9 Å². The molecule has 41 heavy (non-hydrogen) atoms. The molecule has 1 N–H and O–H groups in total. The van der Waals surface area contributed by atoms with E-state index in [-0.39, 0.29) is 12.1 Å². The maximum Gasteiger partial charge on any atom is 0.174 e. The summed E-state index contributed by atoms with van der Waals surface area (Å²) in [6.07, 6.45) is 6.80. The molecule has 3 aromatic heterocycles. The monoisotopic (exact) mass is 584 g/mol. The van der Waals surface area contributed by atoms with Crippen LogP contribution in [-0.4, -0.2) is 32.7 Å². The van der Waals surface area contributed by atoms with Gasteiger partial charge in [-0.15, -0.1) is 0 Å². The molecule has 212 valence electrons. The first-order valence-corrected chi connectivity index (χ1v) is 15.2. The van der Waals surface area contributed by atoms with Crippen LogP contribution in [0.25, 0.3) is 0 Å². The summed E-state index contributed by atoms with van der Waals surface area (Å²) in [5.41, 5.74) is 7.89. The van der Waals surface area contributed by atoms with Gasteiger partial charge < -0.3 is 19.7 Å². The molecule has 2 aliphatic heterocycles. The second-order valence-corrected chi connectivity index (χ2v) is 12.5.